The van der Waals surface area contributed by atoms with E-state index < -0.39 is 0 Å². The second kappa shape index (κ2) is 11.6. The lowest BCUT2D eigenvalue weighted by Gasteiger charge is -2.00. The van der Waals surface area contributed by atoms with Crippen LogP contribution >= 0.6 is 24.0 Å². The van der Waals surface area contributed by atoms with Crippen LogP contribution in [0.2, 0.25) is 0 Å². The van der Waals surface area contributed by atoms with Gasteiger partial charge < -0.3 is 19.7 Å². The summed E-state index contributed by atoms with van der Waals surface area (Å²) in [4.78, 5) is 11.2. The molecule has 1 aromatic heterocycles. The SMILES string of the molecule is COc1cccc(-c2cc(N)no2)c1.COc1cccc(C(=O)CC#N)c1.I. The molecule has 0 unspecified atom stereocenters. The first-order chi connectivity index (χ1) is 13.1. The van der Waals surface area contributed by atoms with Crippen LogP contribution in [0.5, 0.6) is 11.5 Å². The summed E-state index contributed by atoms with van der Waals surface area (Å²) in [6, 6.07) is 17.8. The number of nitrogens with two attached hydrogens (primary N) is 1. The zero-order valence-corrected chi connectivity index (χ0v) is 17.7. The molecular weight excluding hydrogens is 473 g/mol. The van der Waals surface area contributed by atoms with Crippen molar-refractivity contribution in [2.75, 3.05) is 20.0 Å². The van der Waals surface area contributed by atoms with Crippen molar-refractivity contribution in [1.82, 2.24) is 5.16 Å². The number of carbonyl (C=O) groups excluding carboxylic acids is 1. The molecule has 3 aromatic rings. The maximum absolute atomic E-state index is 11.2. The van der Waals surface area contributed by atoms with Gasteiger partial charge in [0.1, 0.15) is 11.5 Å². The molecule has 2 aromatic carbocycles. The number of nitrogens with zero attached hydrogens (tertiary/aromatic N) is 2. The standard InChI is InChI=1S/C10H10N2O2.C10H9NO2.HI/c1-13-8-4-2-3-7(5-8)9-6-10(11)12-14-9;1-13-9-4-2-3-8(7-9)10(12)5-6-11;/h2-6H,1H3,(H2,11,12);2-4,7H,5H2,1H3;1H. The molecule has 0 atom stereocenters. The van der Waals surface area contributed by atoms with Crippen LogP contribution in [0.1, 0.15) is 16.8 Å². The zero-order valence-electron chi connectivity index (χ0n) is 15.4. The van der Waals surface area contributed by atoms with Gasteiger partial charge in [0.15, 0.2) is 17.4 Å². The molecule has 7 nitrogen and oxygen atoms in total. The van der Waals surface area contributed by atoms with Crippen molar-refractivity contribution >= 4 is 35.6 Å². The number of Topliss-reactive ketones (excluding diaryl/α,β-unsaturated/α-hetero) is 1. The average Bonchev–Trinajstić information content (AvgIpc) is 3.15. The monoisotopic (exact) mass is 493 g/mol. The Hall–Kier alpha value is -3.06. The highest BCUT2D eigenvalue weighted by Gasteiger charge is 2.05. The van der Waals surface area contributed by atoms with Crippen LogP contribution in [0, 0.1) is 11.3 Å². The van der Waals surface area contributed by atoms with Crippen LogP contribution in [-0.2, 0) is 0 Å². The number of benzene rings is 2. The van der Waals surface area contributed by atoms with E-state index in [2.05, 4.69) is 5.16 Å². The van der Waals surface area contributed by atoms with Crippen LogP contribution in [-0.4, -0.2) is 25.2 Å². The number of aromatic nitrogens is 1. The lowest BCUT2D eigenvalue weighted by molar-refractivity contribution is 0.0997. The number of halogens is 1. The van der Waals surface area contributed by atoms with Gasteiger partial charge in [0, 0.05) is 17.2 Å². The zero-order chi connectivity index (χ0) is 19.6. The Kier molecular flexibility index (Phi) is 9.53. The van der Waals surface area contributed by atoms with Gasteiger partial charge >= 0.3 is 0 Å². The fourth-order valence-electron chi connectivity index (χ4n) is 2.17. The third-order valence-corrected chi connectivity index (χ3v) is 3.51. The summed E-state index contributed by atoms with van der Waals surface area (Å²) in [5, 5.41) is 11.9. The number of rotatable bonds is 5. The quantitative estimate of drug-likeness (QED) is 0.416. The van der Waals surface area contributed by atoms with E-state index in [1.807, 2.05) is 30.3 Å². The van der Waals surface area contributed by atoms with Crippen molar-refractivity contribution in [3.05, 3.63) is 60.2 Å². The number of hydrogen-bond donors (Lipinski definition) is 1. The topological polar surface area (TPSA) is 111 Å². The maximum Gasteiger partial charge on any atom is 0.177 e. The highest BCUT2D eigenvalue weighted by molar-refractivity contribution is 14.0. The Morgan fingerprint density at radius 1 is 1.11 bits per heavy atom. The lowest BCUT2D eigenvalue weighted by Crippen LogP contribution is -1.97. The molecule has 0 radical (unpaired) electrons. The van der Waals surface area contributed by atoms with Crippen LogP contribution in [0.15, 0.2) is 59.1 Å². The Morgan fingerprint density at radius 2 is 1.75 bits per heavy atom. The van der Waals surface area contributed by atoms with Crippen molar-refractivity contribution in [1.29, 1.82) is 5.26 Å². The van der Waals surface area contributed by atoms with Gasteiger partial charge in [-0.05, 0) is 24.3 Å². The minimum absolute atomic E-state index is 0. The van der Waals surface area contributed by atoms with Crippen LogP contribution in [0.4, 0.5) is 5.82 Å². The van der Waals surface area contributed by atoms with Crippen molar-refractivity contribution in [3.63, 3.8) is 0 Å². The molecule has 2 N–H and O–H groups in total. The molecule has 0 amide bonds. The first kappa shape index (κ1) is 23.0. The molecule has 0 saturated carbocycles. The normalized spacial score (nSPS) is 9.18. The predicted octanol–water partition coefficient (Wildman–Crippen LogP) is 4.34. The second-order valence-electron chi connectivity index (χ2n) is 5.34. The van der Waals surface area contributed by atoms with Gasteiger partial charge in [-0.1, -0.05) is 29.4 Å². The number of methoxy groups -OCH3 is 2. The predicted molar refractivity (Wildman–Crippen MR) is 116 cm³/mol. The Morgan fingerprint density at radius 3 is 2.32 bits per heavy atom. The minimum atomic E-state index is -0.179. The Bertz CT molecular complexity index is 950. The van der Waals surface area contributed by atoms with E-state index in [9.17, 15) is 4.79 Å². The number of nitrogen functional groups attached to an aromatic ring is 1. The molecule has 0 aliphatic carbocycles. The van der Waals surface area contributed by atoms with E-state index in [-0.39, 0.29) is 36.2 Å². The van der Waals surface area contributed by atoms with Crippen molar-refractivity contribution in [2.24, 2.45) is 0 Å². The second-order valence-corrected chi connectivity index (χ2v) is 5.34. The van der Waals surface area contributed by atoms with E-state index in [1.54, 1.807) is 37.4 Å². The van der Waals surface area contributed by atoms with E-state index >= 15 is 0 Å². The summed E-state index contributed by atoms with van der Waals surface area (Å²) in [6.07, 6.45) is -0.0901. The highest BCUT2D eigenvalue weighted by Crippen LogP contribution is 2.24. The number of nitriles is 1. The molecule has 0 fully saturated rings. The van der Waals surface area contributed by atoms with Crippen molar-refractivity contribution in [3.8, 4) is 28.9 Å². The van der Waals surface area contributed by atoms with E-state index in [4.69, 9.17) is 25.0 Å². The molecule has 0 saturated heterocycles. The van der Waals surface area contributed by atoms with Gasteiger partial charge in [-0.2, -0.15) is 5.26 Å². The summed E-state index contributed by atoms with van der Waals surface area (Å²) in [5.74, 6) is 2.24. The third-order valence-electron chi connectivity index (χ3n) is 3.51. The molecule has 1 heterocycles. The summed E-state index contributed by atoms with van der Waals surface area (Å²) >= 11 is 0. The Balaban J connectivity index is 0.000000271. The number of ether oxygens (including phenoxy) is 2. The molecular formula is C20H20IN3O4. The van der Waals surface area contributed by atoms with E-state index in [0.717, 1.165) is 11.3 Å². The largest absolute Gasteiger partial charge is 0.497 e. The van der Waals surface area contributed by atoms with E-state index in [1.165, 1.54) is 7.11 Å². The van der Waals surface area contributed by atoms with Crippen molar-refractivity contribution in [2.45, 2.75) is 6.42 Å². The summed E-state index contributed by atoms with van der Waals surface area (Å²) < 4.78 is 15.1. The average molecular weight is 493 g/mol. The fourth-order valence-corrected chi connectivity index (χ4v) is 2.17. The molecule has 0 bridgehead atoms. The summed E-state index contributed by atoms with van der Waals surface area (Å²) in [7, 11) is 3.15. The van der Waals surface area contributed by atoms with Gasteiger partial charge in [0.05, 0.1) is 26.7 Å². The molecule has 146 valence electrons. The lowest BCUT2D eigenvalue weighted by atomic mass is 10.1. The Labute approximate surface area is 180 Å². The number of ketones is 1. The van der Waals surface area contributed by atoms with Gasteiger partial charge in [-0.3, -0.25) is 4.79 Å². The molecule has 0 spiro atoms. The number of anilines is 1. The van der Waals surface area contributed by atoms with Crippen LogP contribution < -0.4 is 15.2 Å². The maximum atomic E-state index is 11.2. The number of hydrogen-bond acceptors (Lipinski definition) is 7. The third kappa shape index (κ3) is 6.59. The first-order valence-electron chi connectivity index (χ1n) is 7.98. The molecule has 0 aliphatic heterocycles. The fraction of sp³-hybridized carbons (Fsp3) is 0.150. The molecule has 8 heteroatoms. The van der Waals surface area contributed by atoms with Crippen LogP contribution in [0.3, 0.4) is 0 Å². The molecule has 0 aliphatic rings. The molecule has 28 heavy (non-hydrogen) atoms. The van der Waals surface area contributed by atoms with Crippen LogP contribution in [0.25, 0.3) is 11.3 Å². The molecule has 3 rings (SSSR count). The van der Waals surface area contributed by atoms with Gasteiger partial charge in [-0.15, -0.1) is 24.0 Å². The minimum Gasteiger partial charge on any atom is -0.497 e. The summed E-state index contributed by atoms with van der Waals surface area (Å²) in [6.45, 7) is 0. The highest BCUT2D eigenvalue weighted by atomic mass is 127. The first-order valence-corrected chi connectivity index (χ1v) is 7.98. The van der Waals surface area contributed by atoms with E-state index in [0.29, 0.717) is 22.9 Å². The smallest absolute Gasteiger partial charge is 0.177 e. The van der Waals surface area contributed by atoms with Crippen molar-refractivity contribution < 1.29 is 18.8 Å². The van der Waals surface area contributed by atoms with Gasteiger partial charge in [0.25, 0.3) is 0 Å². The summed E-state index contributed by atoms with van der Waals surface area (Å²) in [5.41, 5.74) is 6.86. The van der Waals surface area contributed by atoms with Gasteiger partial charge in [-0.25, -0.2) is 0 Å². The van der Waals surface area contributed by atoms with Gasteiger partial charge in [0.2, 0.25) is 0 Å². The number of carbonyl (C=O) groups is 1.